The highest BCUT2D eigenvalue weighted by atomic mass is 16.1. The lowest BCUT2D eigenvalue weighted by Crippen LogP contribution is -2.13. The zero-order valence-electron chi connectivity index (χ0n) is 6.24. The zero-order valence-corrected chi connectivity index (χ0v) is 6.24. The lowest BCUT2D eigenvalue weighted by Gasteiger charge is -2.10. The van der Waals surface area contributed by atoms with Crippen molar-refractivity contribution in [3.05, 3.63) is 29.8 Å². The molecular weight excluding hydrogens is 152 g/mol. The molecule has 0 saturated heterocycles. The Kier molecular flexibility index (Phi) is 1.50. The fourth-order valence-electron chi connectivity index (χ4n) is 1.13. The van der Waals surface area contributed by atoms with Crippen molar-refractivity contribution >= 4 is 23.7 Å². The van der Waals surface area contributed by atoms with Crippen LogP contribution in [-0.4, -0.2) is 12.3 Å². The quantitative estimate of drug-likeness (QED) is 0.575. The van der Waals surface area contributed by atoms with Gasteiger partial charge in [-0.15, -0.1) is 0 Å². The minimum atomic E-state index is 0.445. The molecule has 0 bridgehead atoms. The predicted molar refractivity (Wildman–Crippen MR) is 46.8 cm³/mol. The van der Waals surface area contributed by atoms with Crippen LogP contribution in [0.2, 0.25) is 0 Å². The van der Waals surface area contributed by atoms with Gasteiger partial charge in [-0.1, -0.05) is 12.1 Å². The Hall–Kier alpha value is -1.86. The Balaban J connectivity index is 2.68. The van der Waals surface area contributed by atoms with Gasteiger partial charge in [-0.3, -0.25) is 0 Å². The van der Waals surface area contributed by atoms with Gasteiger partial charge in [0, 0.05) is 5.56 Å². The lowest BCUT2D eigenvalue weighted by atomic mass is 10.1. The van der Waals surface area contributed by atoms with Crippen molar-refractivity contribution in [2.45, 2.75) is 0 Å². The van der Waals surface area contributed by atoms with Crippen molar-refractivity contribution in [1.82, 2.24) is 5.32 Å². The molecule has 0 aromatic heterocycles. The maximum Gasteiger partial charge on any atom is 0.151 e. The minimum Gasteiger partial charge on any atom is -0.337 e. The van der Waals surface area contributed by atoms with Crippen LogP contribution in [0.4, 0.5) is 5.69 Å². The fraction of sp³-hybridized carbons (Fsp3) is 0. The molecule has 0 spiro atoms. The van der Waals surface area contributed by atoms with Crippen LogP contribution in [0.15, 0.2) is 29.3 Å². The van der Waals surface area contributed by atoms with Crippen LogP contribution >= 0.6 is 0 Å². The second-order valence-electron chi connectivity index (χ2n) is 2.40. The molecular formula is C9H6N2O. The molecule has 0 saturated carbocycles. The van der Waals surface area contributed by atoms with Crippen LogP contribution in [0.3, 0.4) is 0 Å². The smallest absolute Gasteiger partial charge is 0.151 e. The molecule has 1 aliphatic heterocycles. The van der Waals surface area contributed by atoms with E-state index in [-0.39, 0.29) is 0 Å². The van der Waals surface area contributed by atoms with Gasteiger partial charge >= 0.3 is 0 Å². The van der Waals surface area contributed by atoms with Gasteiger partial charge in [0.05, 0.1) is 12.0 Å². The van der Waals surface area contributed by atoms with Gasteiger partial charge in [0.15, 0.2) is 5.94 Å². The molecule has 0 fully saturated rings. The lowest BCUT2D eigenvalue weighted by molar-refractivity contribution is 0.569. The first-order chi connectivity index (χ1) is 5.92. The number of hydrogen-bond acceptors (Lipinski definition) is 3. The molecule has 0 aliphatic carbocycles. The van der Waals surface area contributed by atoms with Crippen LogP contribution in [-0.2, 0) is 4.79 Å². The molecule has 0 radical (unpaired) electrons. The van der Waals surface area contributed by atoms with Crippen LogP contribution in [0.25, 0.3) is 5.70 Å². The summed E-state index contributed by atoms with van der Waals surface area (Å²) in [6.45, 7) is 0. The van der Waals surface area contributed by atoms with E-state index in [9.17, 15) is 4.79 Å². The molecule has 58 valence electrons. The number of fused-ring (bicyclic) bond motifs is 1. The van der Waals surface area contributed by atoms with Crippen LogP contribution in [0.5, 0.6) is 0 Å². The van der Waals surface area contributed by atoms with Gasteiger partial charge < -0.3 is 5.32 Å². The number of hydrogen-bond donors (Lipinski definition) is 1. The number of carbonyl (C=O) groups excluding carboxylic acids is 1. The van der Waals surface area contributed by atoms with Crippen molar-refractivity contribution in [1.29, 1.82) is 0 Å². The highest BCUT2D eigenvalue weighted by Crippen LogP contribution is 2.24. The van der Waals surface area contributed by atoms with E-state index in [0.29, 0.717) is 5.70 Å². The van der Waals surface area contributed by atoms with Gasteiger partial charge in [0.1, 0.15) is 5.70 Å². The van der Waals surface area contributed by atoms with Crippen molar-refractivity contribution in [2.24, 2.45) is 4.99 Å². The maximum absolute atomic E-state index is 10.4. The standard InChI is InChI=1S/C9H6N2O/c12-5-9-7-3-1-2-4-8(7)10-6-11-9/h1-4,6H,(H,10,11). The third-order valence-corrected chi connectivity index (χ3v) is 1.69. The normalized spacial score (nSPS) is 13.2. The molecule has 0 atom stereocenters. The molecule has 1 heterocycles. The number of rotatable bonds is 0. The highest BCUT2D eigenvalue weighted by Gasteiger charge is 2.09. The first-order valence-corrected chi connectivity index (χ1v) is 3.55. The van der Waals surface area contributed by atoms with E-state index < -0.39 is 0 Å². The molecule has 1 aliphatic rings. The van der Waals surface area contributed by atoms with Crippen LogP contribution in [0, 0.1) is 0 Å². The van der Waals surface area contributed by atoms with E-state index >= 15 is 0 Å². The number of para-hydroxylation sites is 1. The van der Waals surface area contributed by atoms with Crippen molar-refractivity contribution in [2.75, 3.05) is 0 Å². The van der Waals surface area contributed by atoms with Crippen molar-refractivity contribution in [3.63, 3.8) is 0 Å². The van der Waals surface area contributed by atoms with Gasteiger partial charge in [0.25, 0.3) is 0 Å². The summed E-state index contributed by atoms with van der Waals surface area (Å²) in [5.74, 6) is 1.82. The molecule has 1 aromatic rings. The van der Waals surface area contributed by atoms with Crippen LogP contribution < -0.4 is 5.32 Å². The van der Waals surface area contributed by atoms with E-state index in [1.807, 2.05) is 30.2 Å². The third-order valence-electron chi connectivity index (χ3n) is 1.69. The summed E-state index contributed by atoms with van der Waals surface area (Å²) in [5, 5.41) is 2.73. The van der Waals surface area contributed by atoms with Gasteiger partial charge in [-0.25, -0.2) is 9.79 Å². The second-order valence-corrected chi connectivity index (χ2v) is 2.40. The predicted octanol–water partition coefficient (Wildman–Crippen LogP) is 1.12. The number of benzene rings is 1. The molecule has 3 nitrogen and oxygen atoms in total. The average molecular weight is 158 g/mol. The number of nitrogens with one attached hydrogen (secondary N) is 1. The van der Waals surface area contributed by atoms with E-state index in [1.165, 1.54) is 6.34 Å². The van der Waals surface area contributed by atoms with Crippen molar-refractivity contribution < 1.29 is 4.79 Å². The molecule has 1 N–H and O–H groups in total. The second kappa shape index (κ2) is 2.64. The SMILES string of the molecule is O=C=C1NC=Nc2ccccc21. The molecule has 0 unspecified atom stereocenters. The minimum absolute atomic E-state index is 0.445. The molecule has 3 heteroatoms. The Morgan fingerprint density at radius 2 is 2.17 bits per heavy atom. The number of aliphatic imine (C=N–C) groups is 1. The summed E-state index contributed by atoms with van der Waals surface area (Å²) < 4.78 is 0. The Bertz CT molecular complexity index is 389. The Morgan fingerprint density at radius 1 is 1.33 bits per heavy atom. The van der Waals surface area contributed by atoms with E-state index in [2.05, 4.69) is 10.3 Å². The summed E-state index contributed by atoms with van der Waals surface area (Å²) in [6, 6.07) is 7.42. The first-order valence-electron chi connectivity index (χ1n) is 3.55. The molecule has 12 heavy (non-hydrogen) atoms. The fourth-order valence-corrected chi connectivity index (χ4v) is 1.13. The van der Waals surface area contributed by atoms with Gasteiger partial charge in [-0.2, -0.15) is 0 Å². The van der Waals surface area contributed by atoms with E-state index in [4.69, 9.17) is 0 Å². The van der Waals surface area contributed by atoms with Crippen LogP contribution in [0.1, 0.15) is 5.56 Å². The van der Waals surface area contributed by atoms with Gasteiger partial charge in [-0.05, 0) is 12.1 Å². The third kappa shape index (κ3) is 0.929. The Morgan fingerprint density at radius 3 is 3.00 bits per heavy atom. The summed E-state index contributed by atoms with van der Waals surface area (Å²) in [5.41, 5.74) is 2.05. The first kappa shape index (κ1) is 6.83. The zero-order chi connectivity index (χ0) is 8.39. The monoisotopic (exact) mass is 158 g/mol. The molecule has 2 rings (SSSR count). The number of nitrogens with zero attached hydrogens (tertiary/aromatic N) is 1. The van der Waals surface area contributed by atoms with Gasteiger partial charge in [0.2, 0.25) is 0 Å². The van der Waals surface area contributed by atoms with E-state index in [0.717, 1.165) is 11.3 Å². The maximum atomic E-state index is 10.4. The van der Waals surface area contributed by atoms with E-state index in [1.54, 1.807) is 0 Å². The molecule has 0 amide bonds. The highest BCUT2D eigenvalue weighted by molar-refractivity contribution is 5.97. The van der Waals surface area contributed by atoms with Crippen molar-refractivity contribution in [3.8, 4) is 0 Å². The summed E-state index contributed by atoms with van der Waals surface area (Å²) >= 11 is 0. The summed E-state index contributed by atoms with van der Waals surface area (Å²) in [4.78, 5) is 14.5. The molecule has 1 aromatic carbocycles. The summed E-state index contributed by atoms with van der Waals surface area (Å²) in [7, 11) is 0. The largest absolute Gasteiger partial charge is 0.337 e. The Labute approximate surface area is 69.4 Å². The topological polar surface area (TPSA) is 41.5 Å². The average Bonchev–Trinajstić information content (AvgIpc) is 2.17. The summed E-state index contributed by atoms with van der Waals surface area (Å²) in [6.07, 6.45) is 1.49.